The van der Waals surface area contributed by atoms with Crippen LogP contribution in [0.5, 0.6) is 0 Å². The number of carbonyl (C=O) groups excluding carboxylic acids is 1. The number of nitrogens with zero attached hydrogens (tertiary/aromatic N) is 3. The fourth-order valence-electron chi connectivity index (χ4n) is 4.14. The minimum Gasteiger partial charge on any atom is -0.284 e. The number of anilines is 2. The lowest BCUT2D eigenvalue weighted by Gasteiger charge is -2.30. The number of amides is 1. The van der Waals surface area contributed by atoms with Crippen molar-refractivity contribution in [3.8, 4) is 0 Å². The molecule has 0 fully saturated rings. The van der Waals surface area contributed by atoms with Crippen LogP contribution in [0.3, 0.4) is 0 Å². The maximum atomic E-state index is 13.4. The van der Waals surface area contributed by atoms with Gasteiger partial charge in [0.15, 0.2) is 5.13 Å². The molecule has 2 heterocycles. The Balaban J connectivity index is 1.42. The number of thiazole rings is 1. The van der Waals surface area contributed by atoms with Gasteiger partial charge in [-0.15, -0.1) is 0 Å². The molecule has 0 N–H and O–H groups in total. The summed E-state index contributed by atoms with van der Waals surface area (Å²) in [6.07, 6.45) is 1.65. The summed E-state index contributed by atoms with van der Waals surface area (Å²) in [5.41, 5.74) is 3.05. The molecule has 1 aliphatic heterocycles. The highest BCUT2D eigenvalue weighted by Crippen LogP contribution is 2.32. The van der Waals surface area contributed by atoms with Gasteiger partial charge in [-0.3, -0.25) is 14.0 Å². The quantitative estimate of drug-likeness (QED) is 0.401. The van der Waals surface area contributed by atoms with E-state index in [1.807, 2.05) is 55.5 Å². The average Bonchev–Trinajstić information content (AvgIpc) is 3.28. The van der Waals surface area contributed by atoms with Gasteiger partial charge in [-0.25, -0.2) is 13.4 Å². The van der Waals surface area contributed by atoms with Crippen LogP contribution in [-0.2, 0) is 16.4 Å². The number of benzene rings is 3. The van der Waals surface area contributed by atoms with E-state index in [0.717, 1.165) is 34.3 Å². The molecule has 0 atom stereocenters. The Morgan fingerprint density at radius 3 is 2.52 bits per heavy atom. The van der Waals surface area contributed by atoms with E-state index in [-0.39, 0.29) is 10.8 Å². The number of fused-ring (bicyclic) bond motifs is 2. The van der Waals surface area contributed by atoms with Crippen molar-refractivity contribution in [2.24, 2.45) is 0 Å². The first kappa shape index (κ1) is 21.6. The van der Waals surface area contributed by atoms with Gasteiger partial charge >= 0.3 is 0 Å². The van der Waals surface area contributed by atoms with E-state index in [1.54, 1.807) is 17.0 Å². The molecule has 0 saturated heterocycles. The normalized spacial score (nSPS) is 13.7. The van der Waals surface area contributed by atoms with Crippen molar-refractivity contribution in [2.75, 3.05) is 22.3 Å². The van der Waals surface area contributed by atoms with E-state index in [4.69, 9.17) is 0 Å². The Labute approximate surface area is 197 Å². The van der Waals surface area contributed by atoms with Crippen molar-refractivity contribution in [2.45, 2.75) is 24.7 Å². The molecule has 6 nitrogen and oxygen atoms in total. The number of rotatable bonds is 5. The lowest BCUT2D eigenvalue weighted by Crippen LogP contribution is -2.35. The second kappa shape index (κ2) is 8.61. The molecule has 1 aromatic heterocycles. The number of hydrogen-bond acceptors (Lipinski definition) is 5. The maximum Gasteiger partial charge on any atom is 0.264 e. The third kappa shape index (κ3) is 3.89. The van der Waals surface area contributed by atoms with E-state index >= 15 is 0 Å². The Hall–Kier alpha value is -3.23. The van der Waals surface area contributed by atoms with Crippen molar-refractivity contribution in [1.82, 2.24) is 4.98 Å². The number of para-hydroxylation sites is 2. The third-order valence-electron chi connectivity index (χ3n) is 5.83. The molecule has 0 saturated carbocycles. The molecule has 168 valence electrons. The molecule has 1 aliphatic rings. The first-order valence-electron chi connectivity index (χ1n) is 10.9. The highest BCUT2D eigenvalue weighted by molar-refractivity contribution is 7.92. The number of carbonyl (C=O) groups is 1. The topological polar surface area (TPSA) is 70.6 Å². The zero-order valence-electron chi connectivity index (χ0n) is 18.1. The highest BCUT2D eigenvalue weighted by Gasteiger charge is 2.29. The van der Waals surface area contributed by atoms with Gasteiger partial charge in [-0.1, -0.05) is 41.7 Å². The van der Waals surface area contributed by atoms with E-state index in [0.29, 0.717) is 23.8 Å². The smallest absolute Gasteiger partial charge is 0.264 e. The van der Waals surface area contributed by atoms with E-state index in [1.165, 1.54) is 27.8 Å². The van der Waals surface area contributed by atoms with Crippen LogP contribution in [0, 0.1) is 0 Å². The predicted octanol–water partition coefficient (Wildman–Crippen LogP) is 5.10. The fourth-order valence-corrected chi connectivity index (χ4v) is 6.71. The number of aromatic nitrogens is 1. The second-order valence-corrected chi connectivity index (χ2v) is 10.7. The molecule has 8 heteroatoms. The summed E-state index contributed by atoms with van der Waals surface area (Å²) < 4.78 is 29.2. The molecular weight excluding hydrogens is 454 g/mol. The molecule has 1 amide bonds. The van der Waals surface area contributed by atoms with Crippen LogP contribution in [0.4, 0.5) is 10.8 Å². The monoisotopic (exact) mass is 477 g/mol. The van der Waals surface area contributed by atoms with Gasteiger partial charge in [0.05, 0.1) is 20.8 Å². The molecule has 5 rings (SSSR count). The molecule has 0 bridgehead atoms. The van der Waals surface area contributed by atoms with Crippen LogP contribution in [0.15, 0.2) is 77.7 Å². The van der Waals surface area contributed by atoms with Crippen LogP contribution < -0.4 is 9.21 Å². The highest BCUT2D eigenvalue weighted by atomic mass is 32.2. The lowest BCUT2D eigenvalue weighted by atomic mass is 10.0. The maximum absolute atomic E-state index is 13.4. The average molecular weight is 478 g/mol. The summed E-state index contributed by atoms with van der Waals surface area (Å²) in [6.45, 7) is 2.81. The summed E-state index contributed by atoms with van der Waals surface area (Å²) in [7, 11) is -3.72. The van der Waals surface area contributed by atoms with Gasteiger partial charge in [0, 0.05) is 18.7 Å². The zero-order valence-corrected chi connectivity index (χ0v) is 19.8. The largest absolute Gasteiger partial charge is 0.284 e. The number of sulfonamides is 1. The molecule has 0 aliphatic carbocycles. The molecule has 0 spiro atoms. The molecule has 3 aromatic carbocycles. The van der Waals surface area contributed by atoms with Gasteiger partial charge in [0.25, 0.3) is 15.9 Å². The van der Waals surface area contributed by atoms with Crippen LogP contribution in [-0.4, -0.2) is 32.4 Å². The molecule has 0 unspecified atom stereocenters. The van der Waals surface area contributed by atoms with E-state index in [2.05, 4.69) is 4.98 Å². The zero-order chi connectivity index (χ0) is 23.0. The number of aryl methyl sites for hydroxylation is 1. The van der Waals surface area contributed by atoms with Gasteiger partial charge in [0.2, 0.25) is 0 Å². The van der Waals surface area contributed by atoms with Gasteiger partial charge in [-0.05, 0) is 67.8 Å². The standard InChI is InChI=1S/C25H23N3O3S2/c1-2-27(25-26-21-10-4-6-12-23(21)32-25)24(29)19-13-15-20(16-14-19)33(30,31)28-17-7-9-18-8-3-5-11-22(18)28/h3-6,8,10-16H,2,7,9,17H2,1H3. The first-order chi connectivity index (χ1) is 16.0. The van der Waals surface area contributed by atoms with Gasteiger partial charge in [0.1, 0.15) is 0 Å². The Morgan fingerprint density at radius 2 is 1.76 bits per heavy atom. The summed E-state index contributed by atoms with van der Waals surface area (Å²) in [6, 6.07) is 21.6. The van der Waals surface area contributed by atoms with Crippen LogP contribution in [0.25, 0.3) is 10.2 Å². The summed E-state index contributed by atoms with van der Waals surface area (Å²) in [5, 5.41) is 0.630. The van der Waals surface area contributed by atoms with E-state index < -0.39 is 10.0 Å². The van der Waals surface area contributed by atoms with Gasteiger partial charge in [-0.2, -0.15) is 0 Å². The van der Waals surface area contributed by atoms with Crippen LogP contribution in [0.1, 0.15) is 29.3 Å². The molecular formula is C25H23N3O3S2. The third-order valence-corrected chi connectivity index (χ3v) is 8.72. The SMILES string of the molecule is CCN(C(=O)c1ccc(S(=O)(=O)N2CCCc3ccccc32)cc1)c1nc2ccccc2s1. The summed E-state index contributed by atoms with van der Waals surface area (Å²) >= 11 is 1.46. The molecule has 4 aromatic rings. The van der Waals surface area contributed by atoms with Crippen molar-refractivity contribution < 1.29 is 13.2 Å². The van der Waals surface area contributed by atoms with Crippen molar-refractivity contribution in [3.05, 3.63) is 83.9 Å². The van der Waals surface area contributed by atoms with E-state index in [9.17, 15) is 13.2 Å². The minimum absolute atomic E-state index is 0.179. The van der Waals surface area contributed by atoms with Gasteiger partial charge < -0.3 is 0 Å². The summed E-state index contributed by atoms with van der Waals surface area (Å²) in [4.78, 5) is 19.6. The number of hydrogen-bond donors (Lipinski definition) is 0. The Bertz CT molecular complexity index is 1400. The Kier molecular flexibility index (Phi) is 5.64. The van der Waals surface area contributed by atoms with Crippen molar-refractivity contribution in [3.63, 3.8) is 0 Å². The first-order valence-corrected chi connectivity index (χ1v) is 13.1. The van der Waals surface area contributed by atoms with Crippen LogP contribution >= 0.6 is 11.3 Å². The van der Waals surface area contributed by atoms with Crippen LogP contribution in [0.2, 0.25) is 0 Å². The molecule has 33 heavy (non-hydrogen) atoms. The fraction of sp³-hybridized carbons (Fsp3) is 0.200. The lowest BCUT2D eigenvalue weighted by molar-refractivity contribution is 0.0988. The van der Waals surface area contributed by atoms with Crippen molar-refractivity contribution >= 4 is 48.3 Å². The molecule has 0 radical (unpaired) electrons. The minimum atomic E-state index is -3.72. The second-order valence-electron chi connectivity index (χ2n) is 7.85. The Morgan fingerprint density at radius 1 is 1.03 bits per heavy atom. The predicted molar refractivity (Wildman–Crippen MR) is 133 cm³/mol. The summed E-state index contributed by atoms with van der Waals surface area (Å²) in [5.74, 6) is -0.205. The van der Waals surface area contributed by atoms with Crippen molar-refractivity contribution in [1.29, 1.82) is 0 Å².